The van der Waals surface area contributed by atoms with Crippen molar-refractivity contribution in [3.63, 3.8) is 0 Å². The third-order valence-electron chi connectivity index (χ3n) is 2.49. The number of ether oxygens (including phenoxy) is 1. The van der Waals surface area contributed by atoms with Crippen molar-refractivity contribution >= 4 is 34.3 Å². The lowest BCUT2D eigenvalue weighted by Crippen LogP contribution is -2.00. The molecule has 98 valence electrons. The van der Waals surface area contributed by atoms with Gasteiger partial charge in [0.2, 0.25) is 0 Å². The van der Waals surface area contributed by atoms with Gasteiger partial charge in [-0.2, -0.15) is 0 Å². The van der Waals surface area contributed by atoms with Crippen molar-refractivity contribution in [2.45, 2.75) is 25.1 Å². The summed E-state index contributed by atoms with van der Waals surface area (Å²) in [4.78, 5) is 5.81. The van der Waals surface area contributed by atoms with Crippen molar-refractivity contribution in [1.82, 2.24) is 4.98 Å². The lowest BCUT2D eigenvalue weighted by atomic mass is 10.3. The Balaban J connectivity index is 1.53. The van der Waals surface area contributed by atoms with Crippen LogP contribution in [0.5, 0.6) is 0 Å². The van der Waals surface area contributed by atoms with Crippen LogP contribution >= 0.6 is 34.3 Å². The average Bonchev–Trinajstić information content (AvgIpc) is 3.04. The fraction of sp³-hybridized carbons (Fsp3) is 0.462. The molecule has 0 spiro atoms. The molecule has 0 aliphatic rings. The molecule has 0 aliphatic heterocycles. The van der Waals surface area contributed by atoms with Gasteiger partial charge in [0.1, 0.15) is 0 Å². The van der Waals surface area contributed by atoms with Gasteiger partial charge >= 0.3 is 0 Å². The van der Waals surface area contributed by atoms with Crippen molar-refractivity contribution in [3.8, 4) is 0 Å². The molecule has 0 saturated heterocycles. The van der Waals surface area contributed by atoms with Crippen LogP contribution in [0.2, 0.25) is 0 Å². The Morgan fingerprint density at radius 1 is 1.22 bits per heavy atom. The molecule has 2 rings (SSSR count). The number of aromatic nitrogens is 1. The maximum absolute atomic E-state index is 5.71. The number of thiophene rings is 1. The highest BCUT2D eigenvalue weighted by atomic mass is 35.5. The second-order valence-corrected chi connectivity index (χ2v) is 6.15. The zero-order chi connectivity index (χ0) is 12.6. The van der Waals surface area contributed by atoms with Crippen LogP contribution in [0, 0.1) is 0 Å². The molecule has 18 heavy (non-hydrogen) atoms. The third kappa shape index (κ3) is 4.69. The Labute approximate surface area is 121 Å². The molecule has 0 saturated carbocycles. The standard InChI is InChI=1S/C13H16ClNOS2/c14-9-11-10-18-13(15-11)4-1-6-16-7-5-12-3-2-8-17-12/h2-3,8,10H,1,4-7,9H2. The van der Waals surface area contributed by atoms with Crippen LogP contribution in [0.3, 0.4) is 0 Å². The van der Waals surface area contributed by atoms with Gasteiger partial charge in [0.15, 0.2) is 0 Å². The quantitative estimate of drug-likeness (QED) is 0.540. The Bertz CT molecular complexity index is 442. The smallest absolute Gasteiger partial charge is 0.0929 e. The molecule has 0 aromatic carbocycles. The highest BCUT2D eigenvalue weighted by Crippen LogP contribution is 2.13. The number of hydrogen-bond donors (Lipinski definition) is 0. The average molecular weight is 302 g/mol. The first-order valence-corrected chi connectivity index (χ1v) is 8.27. The molecule has 0 unspecified atom stereocenters. The van der Waals surface area contributed by atoms with Crippen LogP contribution in [0.4, 0.5) is 0 Å². The van der Waals surface area contributed by atoms with Crippen LogP contribution in [-0.4, -0.2) is 18.2 Å². The van der Waals surface area contributed by atoms with Gasteiger partial charge in [0.05, 0.1) is 23.2 Å². The minimum atomic E-state index is 0.508. The molecule has 0 N–H and O–H groups in total. The maximum atomic E-state index is 5.71. The molecule has 0 bridgehead atoms. The number of aryl methyl sites for hydroxylation is 1. The van der Waals surface area contributed by atoms with Gasteiger partial charge in [-0.25, -0.2) is 4.98 Å². The van der Waals surface area contributed by atoms with E-state index in [9.17, 15) is 0 Å². The predicted octanol–water partition coefficient (Wildman–Crippen LogP) is 4.14. The fourth-order valence-corrected chi connectivity index (χ4v) is 3.34. The minimum Gasteiger partial charge on any atom is -0.381 e. The van der Waals surface area contributed by atoms with Crippen molar-refractivity contribution in [2.75, 3.05) is 13.2 Å². The van der Waals surface area contributed by atoms with E-state index < -0.39 is 0 Å². The monoisotopic (exact) mass is 301 g/mol. The van der Waals surface area contributed by atoms with Gasteiger partial charge in [0, 0.05) is 29.7 Å². The summed E-state index contributed by atoms with van der Waals surface area (Å²) in [6.45, 7) is 1.62. The SMILES string of the molecule is ClCc1csc(CCCOCCc2cccs2)n1. The highest BCUT2D eigenvalue weighted by molar-refractivity contribution is 7.10. The molecular formula is C13H16ClNOS2. The molecule has 0 radical (unpaired) electrons. The first-order chi connectivity index (χ1) is 8.88. The van der Waals surface area contributed by atoms with Crippen LogP contribution < -0.4 is 0 Å². The van der Waals surface area contributed by atoms with E-state index in [2.05, 4.69) is 22.5 Å². The highest BCUT2D eigenvalue weighted by Gasteiger charge is 2.01. The van der Waals surface area contributed by atoms with Crippen LogP contribution in [0.1, 0.15) is 22.0 Å². The van der Waals surface area contributed by atoms with Crippen molar-refractivity contribution in [3.05, 3.63) is 38.5 Å². The maximum Gasteiger partial charge on any atom is 0.0929 e. The van der Waals surface area contributed by atoms with E-state index in [-0.39, 0.29) is 0 Å². The van der Waals surface area contributed by atoms with E-state index >= 15 is 0 Å². The Morgan fingerprint density at radius 3 is 2.89 bits per heavy atom. The van der Waals surface area contributed by atoms with Crippen LogP contribution in [0.25, 0.3) is 0 Å². The molecule has 2 nitrogen and oxygen atoms in total. The summed E-state index contributed by atoms with van der Waals surface area (Å²) in [5.41, 5.74) is 0.982. The van der Waals surface area contributed by atoms with Crippen LogP contribution in [0.15, 0.2) is 22.9 Å². The van der Waals surface area contributed by atoms with E-state index in [1.165, 1.54) is 4.88 Å². The Hall–Kier alpha value is -0.420. The zero-order valence-corrected chi connectivity index (χ0v) is 12.5. The van der Waals surface area contributed by atoms with E-state index in [4.69, 9.17) is 16.3 Å². The Morgan fingerprint density at radius 2 is 2.17 bits per heavy atom. The topological polar surface area (TPSA) is 22.1 Å². The molecule has 2 aromatic rings. The largest absolute Gasteiger partial charge is 0.381 e. The molecule has 2 aromatic heterocycles. The lowest BCUT2D eigenvalue weighted by molar-refractivity contribution is 0.135. The third-order valence-corrected chi connectivity index (χ3v) is 4.66. The van der Waals surface area contributed by atoms with E-state index in [1.54, 1.807) is 22.7 Å². The van der Waals surface area contributed by atoms with E-state index in [0.29, 0.717) is 5.88 Å². The van der Waals surface area contributed by atoms with Crippen molar-refractivity contribution in [1.29, 1.82) is 0 Å². The van der Waals surface area contributed by atoms with Crippen LogP contribution in [-0.2, 0) is 23.5 Å². The van der Waals surface area contributed by atoms with Crippen molar-refractivity contribution in [2.24, 2.45) is 0 Å². The summed E-state index contributed by atoms with van der Waals surface area (Å²) in [5, 5.41) is 5.29. The summed E-state index contributed by atoms with van der Waals surface area (Å²) in [6, 6.07) is 4.23. The summed E-state index contributed by atoms with van der Waals surface area (Å²) in [5.74, 6) is 0.508. The first-order valence-electron chi connectivity index (χ1n) is 5.98. The lowest BCUT2D eigenvalue weighted by Gasteiger charge is -2.02. The predicted molar refractivity (Wildman–Crippen MR) is 78.8 cm³/mol. The van der Waals surface area contributed by atoms with E-state index in [1.807, 2.05) is 5.38 Å². The number of rotatable bonds is 8. The summed E-state index contributed by atoms with van der Waals surface area (Å²) < 4.78 is 5.62. The first kappa shape index (κ1) is 14.0. The summed E-state index contributed by atoms with van der Waals surface area (Å²) in [6.07, 6.45) is 3.03. The summed E-state index contributed by atoms with van der Waals surface area (Å²) in [7, 11) is 0. The zero-order valence-electron chi connectivity index (χ0n) is 10.1. The van der Waals surface area contributed by atoms with Gasteiger partial charge in [-0.15, -0.1) is 34.3 Å². The van der Waals surface area contributed by atoms with Crippen molar-refractivity contribution < 1.29 is 4.74 Å². The molecule has 0 amide bonds. The summed E-state index contributed by atoms with van der Waals surface area (Å²) >= 11 is 9.19. The van der Waals surface area contributed by atoms with Gasteiger partial charge in [-0.1, -0.05) is 6.07 Å². The normalized spacial score (nSPS) is 10.9. The number of alkyl halides is 1. The number of nitrogens with zero attached hydrogens (tertiary/aromatic N) is 1. The van der Waals surface area contributed by atoms with Gasteiger partial charge in [-0.3, -0.25) is 0 Å². The molecule has 5 heteroatoms. The fourth-order valence-electron chi connectivity index (χ4n) is 1.58. The Kier molecular flexibility index (Phi) is 6.14. The molecule has 0 atom stereocenters. The van der Waals surface area contributed by atoms with Gasteiger partial charge in [-0.05, 0) is 17.9 Å². The minimum absolute atomic E-state index is 0.508. The molecule has 2 heterocycles. The van der Waals surface area contributed by atoms with E-state index in [0.717, 1.165) is 43.2 Å². The second kappa shape index (κ2) is 7.89. The number of halogens is 1. The molecular weight excluding hydrogens is 286 g/mol. The van der Waals surface area contributed by atoms with Gasteiger partial charge < -0.3 is 4.74 Å². The number of thiazole rings is 1. The second-order valence-electron chi connectivity index (χ2n) is 3.91. The molecule has 0 fully saturated rings. The number of hydrogen-bond acceptors (Lipinski definition) is 4. The molecule has 0 aliphatic carbocycles. The van der Waals surface area contributed by atoms with Gasteiger partial charge in [0.25, 0.3) is 0 Å².